The quantitative estimate of drug-likeness (QED) is 0.335. The van der Waals surface area contributed by atoms with E-state index in [-0.39, 0.29) is 0 Å². The van der Waals surface area contributed by atoms with E-state index < -0.39 is 0 Å². The van der Waals surface area contributed by atoms with Crippen molar-refractivity contribution in [1.82, 2.24) is 0 Å². The Morgan fingerprint density at radius 3 is 2.37 bits per heavy atom. The Morgan fingerprint density at radius 2 is 1.48 bits per heavy atom. The second-order valence-electron chi connectivity index (χ2n) is 6.80. The fraction of sp³-hybridized carbons (Fsp3) is 0.0400. The molecule has 0 atom stereocenters. The Morgan fingerprint density at radius 1 is 0.704 bits per heavy atom. The lowest BCUT2D eigenvalue weighted by Gasteiger charge is -2.26. The number of anilines is 3. The minimum absolute atomic E-state index is 0.845. The molecule has 0 radical (unpaired) electrons. The maximum atomic E-state index is 5.96. The Labute approximate surface area is 159 Å². The van der Waals surface area contributed by atoms with Gasteiger partial charge in [0, 0.05) is 11.1 Å². The van der Waals surface area contributed by atoms with Crippen LogP contribution in [0, 0.1) is 6.92 Å². The second kappa shape index (κ2) is 6.33. The molecular weight excluding hydrogens is 330 g/mol. The van der Waals surface area contributed by atoms with Crippen molar-refractivity contribution in [3.8, 4) is 11.1 Å². The third-order valence-electron chi connectivity index (χ3n) is 4.98. The van der Waals surface area contributed by atoms with Crippen molar-refractivity contribution < 1.29 is 4.42 Å². The lowest BCUT2D eigenvalue weighted by molar-refractivity contribution is 0.573. The number of rotatable bonds is 2. The van der Waals surface area contributed by atoms with Gasteiger partial charge in [-0.15, -0.1) is 0 Å². The summed E-state index contributed by atoms with van der Waals surface area (Å²) in [7, 11) is 0. The van der Waals surface area contributed by atoms with Gasteiger partial charge in [0.05, 0.1) is 17.6 Å². The van der Waals surface area contributed by atoms with Crippen LogP contribution in [-0.2, 0) is 0 Å². The van der Waals surface area contributed by atoms with Crippen molar-refractivity contribution in [1.29, 1.82) is 0 Å². The van der Waals surface area contributed by atoms with Crippen LogP contribution in [0.5, 0.6) is 0 Å². The summed E-state index contributed by atoms with van der Waals surface area (Å²) < 4.78 is 5.96. The monoisotopic (exact) mass is 349 g/mol. The SMILES string of the molecule is Cc1ccc(N2c3ccccc3C=Cc3ccoc32)c(-c2ccccc2)c1. The molecule has 0 fully saturated rings. The fourth-order valence-corrected chi connectivity index (χ4v) is 3.67. The van der Waals surface area contributed by atoms with Crippen LogP contribution < -0.4 is 4.90 Å². The molecule has 0 aliphatic carbocycles. The third-order valence-corrected chi connectivity index (χ3v) is 4.98. The van der Waals surface area contributed by atoms with Gasteiger partial charge in [0.1, 0.15) is 0 Å². The molecule has 0 spiro atoms. The van der Waals surface area contributed by atoms with Gasteiger partial charge in [-0.3, -0.25) is 4.90 Å². The van der Waals surface area contributed by atoms with Gasteiger partial charge in [-0.2, -0.15) is 0 Å². The highest BCUT2D eigenvalue weighted by Gasteiger charge is 2.24. The summed E-state index contributed by atoms with van der Waals surface area (Å²) in [5, 5.41) is 0. The van der Waals surface area contributed by atoms with Crippen LogP contribution in [0.2, 0.25) is 0 Å². The van der Waals surface area contributed by atoms with E-state index in [9.17, 15) is 0 Å². The van der Waals surface area contributed by atoms with Crippen molar-refractivity contribution >= 4 is 29.4 Å². The van der Waals surface area contributed by atoms with Gasteiger partial charge >= 0.3 is 0 Å². The molecular formula is C25H19NO. The number of benzene rings is 3. The first-order valence-corrected chi connectivity index (χ1v) is 9.12. The van der Waals surface area contributed by atoms with E-state index in [2.05, 4.69) is 96.8 Å². The van der Waals surface area contributed by atoms with Gasteiger partial charge in [0.25, 0.3) is 0 Å². The first-order chi connectivity index (χ1) is 13.3. The first kappa shape index (κ1) is 15.7. The maximum Gasteiger partial charge on any atom is 0.211 e. The van der Waals surface area contributed by atoms with Crippen LogP contribution in [0.25, 0.3) is 23.3 Å². The lowest BCUT2D eigenvalue weighted by atomic mass is 9.99. The Kier molecular flexibility index (Phi) is 3.68. The van der Waals surface area contributed by atoms with Crippen molar-refractivity contribution in [3.63, 3.8) is 0 Å². The van der Waals surface area contributed by atoms with Gasteiger partial charge in [-0.1, -0.05) is 66.2 Å². The van der Waals surface area contributed by atoms with E-state index in [0.29, 0.717) is 0 Å². The van der Waals surface area contributed by atoms with E-state index in [1.165, 1.54) is 22.3 Å². The number of para-hydroxylation sites is 1. The first-order valence-electron chi connectivity index (χ1n) is 9.12. The van der Waals surface area contributed by atoms with Crippen molar-refractivity contribution in [2.75, 3.05) is 4.90 Å². The molecule has 0 saturated heterocycles. The molecule has 5 rings (SSSR count). The summed E-state index contributed by atoms with van der Waals surface area (Å²) in [6.45, 7) is 2.13. The molecule has 0 N–H and O–H groups in total. The topological polar surface area (TPSA) is 16.4 Å². The van der Waals surface area contributed by atoms with Crippen LogP contribution >= 0.6 is 0 Å². The summed E-state index contributed by atoms with van der Waals surface area (Å²) in [4.78, 5) is 2.23. The molecule has 1 aliphatic rings. The van der Waals surface area contributed by atoms with E-state index >= 15 is 0 Å². The van der Waals surface area contributed by atoms with E-state index in [4.69, 9.17) is 4.42 Å². The van der Waals surface area contributed by atoms with Crippen LogP contribution in [-0.4, -0.2) is 0 Å². The lowest BCUT2D eigenvalue weighted by Crippen LogP contribution is -2.12. The van der Waals surface area contributed by atoms with Crippen LogP contribution in [0.1, 0.15) is 16.7 Å². The van der Waals surface area contributed by atoms with Crippen LogP contribution in [0.4, 0.5) is 17.3 Å². The molecule has 130 valence electrons. The van der Waals surface area contributed by atoms with Crippen LogP contribution in [0.15, 0.2) is 89.5 Å². The molecule has 0 bridgehead atoms. The molecule has 3 aromatic carbocycles. The highest BCUT2D eigenvalue weighted by Crippen LogP contribution is 2.45. The van der Waals surface area contributed by atoms with Crippen molar-refractivity contribution in [2.24, 2.45) is 0 Å². The Bertz CT molecular complexity index is 1140. The fourth-order valence-electron chi connectivity index (χ4n) is 3.67. The van der Waals surface area contributed by atoms with E-state index in [1.807, 2.05) is 6.07 Å². The molecule has 2 heteroatoms. The maximum absolute atomic E-state index is 5.96. The minimum atomic E-state index is 0.845. The third kappa shape index (κ3) is 2.67. The normalized spacial score (nSPS) is 12.4. The highest BCUT2D eigenvalue weighted by atomic mass is 16.3. The minimum Gasteiger partial charge on any atom is -0.447 e. The van der Waals surface area contributed by atoms with Crippen LogP contribution in [0.3, 0.4) is 0 Å². The number of furan rings is 1. The smallest absolute Gasteiger partial charge is 0.211 e. The van der Waals surface area contributed by atoms with Gasteiger partial charge in [-0.05, 0) is 48.4 Å². The number of nitrogens with zero attached hydrogens (tertiary/aromatic N) is 1. The molecule has 0 saturated carbocycles. The zero-order chi connectivity index (χ0) is 18.2. The van der Waals surface area contributed by atoms with Gasteiger partial charge in [-0.25, -0.2) is 0 Å². The van der Waals surface area contributed by atoms with Crippen molar-refractivity contribution in [2.45, 2.75) is 6.92 Å². The highest BCUT2D eigenvalue weighted by molar-refractivity contribution is 5.95. The molecule has 4 aromatic rings. The van der Waals surface area contributed by atoms with E-state index in [0.717, 1.165) is 22.8 Å². The number of hydrogen-bond donors (Lipinski definition) is 0. The van der Waals surface area contributed by atoms with Gasteiger partial charge in [0.2, 0.25) is 5.88 Å². The van der Waals surface area contributed by atoms with Crippen molar-refractivity contribution in [3.05, 3.63) is 102 Å². The van der Waals surface area contributed by atoms with Gasteiger partial charge in [0.15, 0.2) is 0 Å². The largest absolute Gasteiger partial charge is 0.447 e. The molecule has 2 heterocycles. The summed E-state index contributed by atoms with van der Waals surface area (Å²) in [6, 6.07) is 27.6. The Hall–Kier alpha value is -3.52. The summed E-state index contributed by atoms with van der Waals surface area (Å²) in [5.41, 5.74) is 8.09. The molecule has 1 aromatic heterocycles. The molecule has 0 unspecified atom stereocenters. The summed E-state index contributed by atoms with van der Waals surface area (Å²) in [5.74, 6) is 0.845. The number of fused-ring (bicyclic) bond motifs is 2. The molecule has 2 nitrogen and oxygen atoms in total. The Balaban J connectivity index is 1.81. The molecule has 27 heavy (non-hydrogen) atoms. The predicted molar refractivity (Wildman–Crippen MR) is 112 cm³/mol. The summed E-state index contributed by atoms with van der Waals surface area (Å²) >= 11 is 0. The molecule has 0 amide bonds. The zero-order valence-electron chi connectivity index (χ0n) is 15.1. The standard InChI is InChI=1S/C25H19NO/c1-18-11-14-24(22(17-18)19-7-3-2-4-8-19)26-23-10-6-5-9-20(23)12-13-21-15-16-27-25(21)26/h2-17H,1H3. The van der Waals surface area contributed by atoms with E-state index in [1.54, 1.807) is 6.26 Å². The zero-order valence-corrected chi connectivity index (χ0v) is 15.1. The number of hydrogen-bond acceptors (Lipinski definition) is 2. The van der Waals surface area contributed by atoms with Gasteiger partial charge < -0.3 is 4.42 Å². The average molecular weight is 349 g/mol. The average Bonchev–Trinajstić information content (AvgIpc) is 3.11. The summed E-state index contributed by atoms with van der Waals surface area (Å²) in [6.07, 6.45) is 6.03. The predicted octanol–water partition coefficient (Wildman–Crippen LogP) is 7.21. The number of aryl methyl sites for hydroxylation is 1. The molecule has 1 aliphatic heterocycles. The second-order valence-corrected chi connectivity index (χ2v) is 6.80.